The summed E-state index contributed by atoms with van der Waals surface area (Å²) in [5.74, 6) is 0. The summed E-state index contributed by atoms with van der Waals surface area (Å²) in [6, 6.07) is 0. The van der Waals surface area contributed by atoms with Crippen molar-refractivity contribution in [3.05, 3.63) is 0 Å². The molecule has 0 aliphatic carbocycles. The second-order valence-electron chi connectivity index (χ2n) is 0.707. The van der Waals surface area contributed by atoms with Gasteiger partial charge in [-0.3, -0.25) is 0 Å². The van der Waals surface area contributed by atoms with Crippen molar-refractivity contribution >= 4 is 51.4 Å². The minimum atomic E-state index is 0. The van der Waals surface area contributed by atoms with Gasteiger partial charge in [0, 0.05) is 0 Å². The summed E-state index contributed by atoms with van der Waals surface area (Å²) >= 11 is 1.17. The van der Waals surface area contributed by atoms with Crippen LogP contribution >= 0.6 is 0 Å². The van der Waals surface area contributed by atoms with E-state index in [-0.39, 0.29) is 17.6 Å². The first-order chi connectivity index (χ1) is 1.41. The summed E-state index contributed by atoms with van der Waals surface area (Å²) in [7, 11) is 1.45. The van der Waals surface area contributed by atoms with Gasteiger partial charge in [0.25, 0.3) is 0 Å². The van der Waals surface area contributed by atoms with Crippen LogP contribution in [-0.4, -0.2) is 51.4 Å². The molecule has 0 aromatic carbocycles. The molecule has 0 heterocycles. The monoisotopic (exact) mass is 192 g/mol. The van der Waals surface area contributed by atoms with Gasteiger partial charge in [-0.15, -0.1) is 0 Å². The van der Waals surface area contributed by atoms with E-state index in [4.69, 9.17) is 0 Å². The van der Waals surface area contributed by atoms with Gasteiger partial charge in [0.2, 0.25) is 0 Å². The van der Waals surface area contributed by atoms with Gasteiger partial charge in [-0.1, -0.05) is 0 Å². The van der Waals surface area contributed by atoms with Crippen LogP contribution in [0.4, 0.5) is 0 Å². The first-order valence-electron chi connectivity index (χ1n) is 1.41. The molecule has 0 bridgehead atoms. The molecule has 0 N–H and O–H groups in total. The summed E-state index contributed by atoms with van der Waals surface area (Å²) in [5.41, 5.74) is 0. The minimum absolute atomic E-state index is 0. The summed E-state index contributed by atoms with van der Waals surface area (Å²) < 4.78 is 0. The van der Waals surface area contributed by atoms with E-state index in [0.29, 0.717) is 0 Å². The van der Waals surface area contributed by atoms with Crippen molar-refractivity contribution in [1.82, 2.24) is 0 Å². The molecule has 0 aromatic rings. The van der Waals surface area contributed by atoms with Crippen LogP contribution in [0.5, 0.6) is 0 Å². The Kier molecular flexibility index (Phi) is 20.0. The Morgan fingerprint density at radius 3 is 1.75 bits per heavy atom. The van der Waals surface area contributed by atoms with Gasteiger partial charge < -0.3 is 0 Å². The van der Waals surface area contributed by atoms with E-state index in [9.17, 15) is 0 Å². The Bertz CT molecular complexity index is 8.00. The molecule has 0 aromatic heterocycles. The Balaban J connectivity index is 0. The molecule has 0 nitrogen and oxygen atoms in total. The molecule has 0 aliphatic rings. The van der Waals surface area contributed by atoms with Crippen molar-refractivity contribution in [2.24, 2.45) is 0 Å². The van der Waals surface area contributed by atoms with Crippen LogP contribution in [0, 0.1) is 0 Å². The van der Waals surface area contributed by atoms with Crippen LogP contribution in [0.2, 0.25) is 0 Å². The Morgan fingerprint density at radius 1 is 1.75 bits per heavy atom. The quantitative estimate of drug-likeness (QED) is 0.341. The van der Waals surface area contributed by atoms with Crippen LogP contribution in [0.1, 0.15) is 0 Å². The van der Waals surface area contributed by atoms with Gasteiger partial charge in [-0.25, -0.2) is 0 Å². The fourth-order valence-corrected chi connectivity index (χ4v) is 0. The second-order valence-corrected chi connectivity index (χ2v) is 11.0. The van der Waals surface area contributed by atoms with Crippen LogP contribution < -0.4 is 0 Å². The third kappa shape index (κ3) is 9.82. The molecule has 0 atom stereocenters. The van der Waals surface area contributed by atoms with Gasteiger partial charge in [-0.05, 0) is 0 Å². The fraction of sp³-hybridized carbons (Fsp3) is 0. The average molecular weight is 191 g/mol. The van der Waals surface area contributed by atoms with Crippen LogP contribution in [0.25, 0.3) is 0 Å². The predicted octanol–water partition coefficient (Wildman–Crippen LogP) is -4.20. The molecule has 0 radical (unpaired) electrons. The van der Waals surface area contributed by atoms with Crippen LogP contribution in [0.3, 0.4) is 0 Å². The third-order valence-corrected chi connectivity index (χ3v) is 0. The van der Waals surface area contributed by atoms with Gasteiger partial charge in [0.05, 0.1) is 0 Å². The predicted molar refractivity (Wildman–Crippen MR) is 37.0 cm³/mol. The molecule has 4 heteroatoms. The molecule has 0 amide bonds. The molecule has 0 unspecified atom stereocenters. The summed E-state index contributed by atoms with van der Waals surface area (Å²) in [6.07, 6.45) is 0. The van der Waals surface area contributed by atoms with E-state index in [1.807, 2.05) is 0 Å². The van der Waals surface area contributed by atoms with E-state index in [1.54, 1.807) is 5.32 Å². The number of rotatable bonds is 0. The zero-order chi connectivity index (χ0) is 2.71. The zero-order valence-electron chi connectivity index (χ0n) is 2.71. The van der Waals surface area contributed by atoms with Gasteiger partial charge >= 0.3 is 51.4 Å². The van der Waals surface area contributed by atoms with Crippen molar-refractivity contribution < 1.29 is 0 Å². The topological polar surface area (TPSA) is 0 Å². The van der Waals surface area contributed by atoms with E-state index in [0.717, 1.165) is 0 Å². The van der Waals surface area contributed by atoms with Crippen molar-refractivity contribution in [3.8, 4) is 0 Å². The molecule has 0 saturated carbocycles. The van der Waals surface area contributed by atoms with Crippen LogP contribution in [0.15, 0.2) is 0 Å². The van der Waals surface area contributed by atoms with Crippen molar-refractivity contribution in [2.45, 2.75) is 0 Å². The summed E-state index contributed by atoms with van der Waals surface area (Å²) in [6.45, 7) is 0. The third-order valence-electron chi connectivity index (χ3n) is 0. The molecule has 24 valence electrons. The van der Waals surface area contributed by atoms with Crippen molar-refractivity contribution in [1.29, 1.82) is 0 Å². The summed E-state index contributed by atoms with van der Waals surface area (Å²) in [5, 5.41) is 1.58. The van der Waals surface area contributed by atoms with E-state index in [1.165, 1.54) is 28.5 Å². The van der Waals surface area contributed by atoms with Crippen LogP contribution in [-0.2, 0) is 0 Å². The van der Waals surface area contributed by atoms with E-state index in [2.05, 4.69) is 0 Å². The second kappa shape index (κ2) is 8.82. The van der Waals surface area contributed by atoms with Gasteiger partial charge in [0.15, 0.2) is 0 Å². The number of hydrogen-bond donors (Lipinski definition) is 0. The van der Waals surface area contributed by atoms with E-state index < -0.39 is 0 Å². The maximum absolute atomic E-state index is 1.58. The molecule has 0 rings (SSSR count). The molecular weight excluding hydrogens is 181 g/mol. The first-order valence-corrected chi connectivity index (χ1v) is 5.80. The standard InChI is InChI=1S/BH4Si.Ga.GeH4.2H/c1-2;;;;/h1H,2H3;;1H4;;/q+1;-1;;;. The normalized spacial score (nSPS) is 4.00. The van der Waals surface area contributed by atoms with Gasteiger partial charge in [-0.2, -0.15) is 0 Å². The maximum atomic E-state index is 1.58. The zero-order valence-corrected chi connectivity index (χ0v) is 8.90. The van der Waals surface area contributed by atoms with Gasteiger partial charge in [0.1, 0.15) is 0 Å². The Morgan fingerprint density at radius 2 is 1.75 bits per heavy atom. The average Bonchev–Trinajstić information content (AvgIpc) is 0.918. The van der Waals surface area contributed by atoms with Crippen molar-refractivity contribution in [2.75, 3.05) is 0 Å². The number of hydrogen-bond acceptors (Lipinski definition) is 0. The Labute approximate surface area is 51.4 Å². The molecule has 4 heavy (non-hydrogen) atoms. The molecular formula is H10BGaGeSi. The summed E-state index contributed by atoms with van der Waals surface area (Å²) in [4.78, 5) is 0. The fourth-order valence-electron chi connectivity index (χ4n) is 0. The molecule has 0 fully saturated rings. The van der Waals surface area contributed by atoms with Crippen molar-refractivity contribution in [3.63, 3.8) is 0 Å². The molecule has 0 spiro atoms. The molecule has 0 aliphatic heterocycles. The Hall–Kier alpha value is 1.46. The molecule has 0 saturated heterocycles. The first kappa shape index (κ1) is 9.07. The SMILES string of the molecule is [GeH4].[SiH3][BH][GaH2]. The van der Waals surface area contributed by atoms with E-state index >= 15 is 0 Å².